The molecule has 2 saturated heterocycles. The summed E-state index contributed by atoms with van der Waals surface area (Å²) in [6.45, 7) is 9.23. The molecule has 0 radical (unpaired) electrons. The van der Waals surface area contributed by atoms with Crippen LogP contribution in [0.15, 0.2) is 36.7 Å². The van der Waals surface area contributed by atoms with Crippen LogP contribution < -0.4 is 0 Å². The molecule has 2 fully saturated rings. The van der Waals surface area contributed by atoms with Gasteiger partial charge in [-0.05, 0) is 25.3 Å². The van der Waals surface area contributed by atoms with Gasteiger partial charge in [-0.25, -0.2) is 14.6 Å². The molecule has 3 heterocycles. The average molecular weight is 583 g/mol. The van der Waals surface area contributed by atoms with Gasteiger partial charge in [0.15, 0.2) is 0 Å². The van der Waals surface area contributed by atoms with Crippen molar-refractivity contribution in [3.8, 4) is 0 Å². The molecule has 1 aromatic heterocycles. The topological polar surface area (TPSA) is 108 Å². The number of carboxylic acids is 2. The van der Waals surface area contributed by atoms with Crippen molar-refractivity contribution < 1.29 is 50.9 Å². The fourth-order valence-electron chi connectivity index (χ4n) is 4.18. The number of carboxylic acid groups (broad SMARTS) is 2. The number of benzene rings is 1. The van der Waals surface area contributed by atoms with Gasteiger partial charge in [0.1, 0.15) is 5.82 Å². The highest BCUT2D eigenvalue weighted by Gasteiger charge is 2.40. The van der Waals surface area contributed by atoms with E-state index in [9.17, 15) is 26.3 Å². The number of alkyl halides is 6. The summed E-state index contributed by atoms with van der Waals surface area (Å²) < 4.78 is 71.9. The van der Waals surface area contributed by atoms with Gasteiger partial charge in [0.05, 0.1) is 18.8 Å². The predicted molar refractivity (Wildman–Crippen MR) is 130 cm³/mol. The molecule has 9 nitrogen and oxygen atoms in total. The molecule has 2 aromatic rings. The summed E-state index contributed by atoms with van der Waals surface area (Å²) in [7, 11) is 2.07. The molecule has 1 aromatic carbocycles. The highest BCUT2D eigenvalue weighted by molar-refractivity contribution is 5.73. The molecule has 4 rings (SSSR count). The number of morpholine rings is 1. The second-order valence-electron chi connectivity index (χ2n) is 9.56. The molecule has 2 aliphatic heterocycles. The molecule has 0 bridgehead atoms. The van der Waals surface area contributed by atoms with Crippen LogP contribution in [0.4, 0.5) is 26.3 Å². The molecule has 15 heteroatoms. The number of likely N-dealkylation sites (tertiary alicyclic amines) is 1. The lowest BCUT2D eigenvalue weighted by Crippen LogP contribution is -2.56. The van der Waals surface area contributed by atoms with Gasteiger partial charge in [0, 0.05) is 52.2 Å². The minimum atomic E-state index is -5.08. The Hall–Kier alpha value is -3.17. The van der Waals surface area contributed by atoms with Crippen LogP contribution in [0.1, 0.15) is 29.8 Å². The van der Waals surface area contributed by atoms with Gasteiger partial charge >= 0.3 is 24.3 Å². The van der Waals surface area contributed by atoms with Crippen LogP contribution in [0.2, 0.25) is 0 Å². The zero-order valence-corrected chi connectivity index (χ0v) is 22.0. The number of hydrogen-bond acceptors (Lipinski definition) is 6. The number of rotatable bonds is 4. The quantitative estimate of drug-likeness (QED) is 0.524. The van der Waals surface area contributed by atoms with Crippen molar-refractivity contribution in [2.75, 3.05) is 32.8 Å². The van der Waals surface area contributed by atoms with E-state index in [0.29, 0.717) is 0 Å². The smallest absolute Gasteiger partial charge is 0.475 e. The number of hydrogen-bond donors (Lipinski definition) is 2. The highest BCUT2D eigenvalue weighted by Crippen LogP contribution is 2.31. The van der Waals surface area contributed by atoms with Crippen molar-refractivity contribution in [2.45, 2.75) is 50.8 Å². The van der Waals surface area contributed by atoms with Crippen LogP contribution in [0, 0.1) is 6.92 Å². The Morgan fingerprint density at radius 2 is 1.45 bits per heavy atom. The second kappa shape index (κ2) is 13.9. The minimum Gasteiger partial charge on any atom is -0.475 e. The molecule has 2 N–H and O–H groups in total. The van der Waals surface area contributed by atoms with Gasteiger partial charge in [0.25, 0.3) is 0 Å². The van der Waals surface area contributed by atoms with E-state index in [1.165, 1.54) is 11.1 Å². The Labute approximate surface area is 227 Å². The Kier molecular flexibility index (Phi) is 11.5. The lowest BCUT2D eigenvalue weighted by atomic mass is 9.89. The summed E-state index contributed by atoms with van der Waals surface area (Å²) in [5, 5.41) is 14.2. The number of piperidine rings is 1. The number of carbonyl (C=O) groups is 2. The first kappa shape index (κ1) is 33.0. The van der Waals surface area contributed by atoms with Crippen molar-refractivity contribution in [3.05, 3.63) is 53.6 Å². The monoisotopic (exact) mass is 582 g/mol. The molecule has 1 spiro atoms. The van der Waals surface area contributed by atoms with Gasteiger partial charge in [-0.3, -0.25) is 9.80 Å². The molecule has 0 unspecified atom stereocenters. The van der Waals surface area contributed by atoms with E-state index in [0.717, 1.165) is 64.5 Å². The molecule has 0 saturated carbocycles. The van der Waals surface area contributed by atoms with E-state index in [4.69, 9.17) is 24.5 Å². The first-order valence-electron chi connectivity index (χ1n) is 12.2. The van der Waals surface area contributed by atoms with Crippen LogP contribution in [0.3, 0.4) is 0 Å². The number of imidazole rings is 1. The summed E-state index contributed by atoms with van der Waals surface area (Å²) in [5.74, 6) is -4.37. The third-order valence-corrected chi connectivity index (χ3v) is 6.39. The first-order valence-corrected chi connectivity index (χ1v) is 12.2. The summed E-state index contributed by atoms with van der Waals surface area (Å²) in [6.07, 6.45) is -4.04. The molecule has 0 aliphatic carbocycles. The molecule has 224 valence electrons. The lowest BCUT2D eigenvalue weighted by Gasteiger charge is -2.47. The Balaban J connectivity index is 0.000000333. The predicted octanol–water partition coefficient (Wildman–Crippen LogP) is 3.86. The molecular weight excluding hydrogens is 550 g/mol. The van der Waals surface area contributed by atoms with Crippen molar-refractivity contribution in [1.82, 2.24) is 19.4 Å². The zero-order chi connectivity index (χ0) is 30.1. The van der Waals surface area contributed by atoms with Crippen molar-refractivity contribution in [2.24, 2.45) is 7.05 Å². The number of aryl methyl sites for hydroxylation is 2. The maximum atomic E-state index is 10.6. The van der Waals surface area contributed by atoms with Gasteiger partial charge in [-0.2, -0.15) is 26.3 Å². The van der Waals surface area contributed by atoms with Gasteiger partial charge in [0.2, 0.25) is 0 Å². The van der Waals surface area contributed by atoms with E-state index in [-0.39, 0.29) is 5.60 Å². The number of nitrogens with zero attached hydrogens (tertiary/aromatic N) is 4. The maximum Gasteiger partial charge on any atom is 0.490 e. The highest BCUT2D eigenvalue weighted by atomic mass is 19.4. The normalized spacial score (nSPS) is 17.8. The molecule has 2 aliphatic rings. The summed E-state index contributed by atoms with van der Waals surface area (Å²) in [5.41, 5.74) is 2.77. The van der Waals surface area contributed by atoms with Crippen LogP contribution in [-0.2, 0) is 34.5 Å². The van der Waals surface area contributed by atoms with E-state index in [1.807, 2.05) is 12.4 Å². The minimum absolute atomic E-state index is 0.0427. The Morgan fingerprint density at radius 3 is 1.90 bits per heavy atom. The average Bonchev–Trinajstić information content (AvgIpc) is 3.26. The number of ether oxygens (including phenoxy) is 1. The van der Waals surface area contributed by atoms with Crippen LogP contribution >= 0.6 is 0 Å². The maximum absolute atomic E-state index is 10.6. The summed E-state index contributed by atoms with van der Waals surface area (Å²) >= 11 is 0. The van der Waals surface area contributed by atoms with Gasteiger partial charge in [-0.1, -0.05) is 29.8 Å². The largest absolute Gasteiger partial charge is 0.490 e. The van der Waals surface area contributed by atoms with Crippen LogP contribution in [-0.4, -0.2) is 92.2 Å². The lowest BCUT2D eigenvalue weighted by molar-refractivity contribution is -0.193. The first-order chi connectivity index (χ1) is 18.5. The van der Waals surface area contributed by atoms with E-state index in [2.05, 4.69) is 57.6 Å². The third kappa shape index (κ3) is 10.8. The molecule has 0 atom stereocenters. The van der Waals surface area contributed by atoms with Gasteiger partial charge < -0.3 is 19.5 Å². The van der Waals surface area contributed by atoms with Crippen LogP contribution in [0.5, 0.6) is 0 Å². The van der Waals surface area contributed by atoms with Crippen molar-refractivity contribution in [3.63, 3.8) is 0 Å². The Bertz CT molecular complexity index is 1070. The van der Waals surface area contributed by atoms with Crippen molar-refractivity contribution in [1.29, 1.82) is 0 Å². The fourth-order valence-corrected chi connectivity index (χ4v) is 4.18. The number of aliphatic carboxylic acids is 2. The fraction of sp³-hybridized carbons (Fsp3) is 0.560. The van der Waals surface area contributed by atoms with Crippen LogP contribution in [0.25, 0.3) is 0 Å². The second-order valence-corrected chi connectivity index (χ2v) is 9.56. The zero-order valence-electron chi connectivity index (χ0n) is 22.0. The number of aromatic nitrogens is 2. The SMILES string of the molecule is Cc1ccc(CN2CCOC3(CCN(Cc4nccn4C)CC3)C2)cc1.O=C(O)C(F)(F)F.O=C(O)C(F)(F)F. The van der Waals surface area contributed by atoms with Crippen molar-refractivity contribution >= 4 is 11.9 Å². The van der Waals surface area contributed by atoms with E-state index < -0.39 is 24.3 Å². The van der Waals surface area contributed by atoms with E-state index >= 15 is 0 Å². The van der Waals surface area contributed by atoms with E-state index in [1.54, 1.807) is 0 Å². The third-order valence-electron chi connectivity index (χ3n) is 6.39. The molecule has 40 heavy (non-hydrogen) atoms. The standard InChI is InChI=1S/C21H30N4O.2C2HF3O2/c1-18-3-5-19(6-4-18)15-25-13-14-26-21(17-25)7-10-24(11-8-21)16-20-22-9-12-23(20)2;2*3-2(4,5)1(6)7/h3-6,9,12H,7-8,10-11,13-17H2,1-2H3;2*(H,6,7). The number of halogens is 6. The molecular formula is C25H32F6N4O5. The summed E-state index contributed by atoms with van der Waals surface area (Å²) in [4.78, 5) is 27.3. The van der Waals surface area contributed by atoms with Gasteiger partial charge in [-0.15, -0.1) is 0 Å². The Morgan fingerprint density at radius 1 is 0.925 bits per heavy atom. The molecule has 0 amide bonds. The summed E-state index contributed by atoms with van der Waals surface area (Å²) in [6, 6.07) is 8.93.